The van der Waals surface area contributed by atoms with Crippen LogP contribution < -0.4 is 16.4 Å². The SMILES string of the molecule is COCCN1C(=O)[C@H]2[C@@H](C1=O)[C@@]1([NH2+][C@@H]2CC(N)=O)C(=O)Nc2c(C)cc(C)cc21. The normalized spacial score (nSPS) is 30.1. The standard InChI is InChI=1S/C20H24N4O5/c1-9-6-10(2)16-11(7-9)20(19(28)22-16)15-14(12(23-20)8-13(21)25)17(26)24(18(15)27)4-5-29-3/h6-7,12,14-15,23H,4-5,8H2,1-3H3,(H2,21,25)(H,22,28)/p+1/t12-,14-,15+,20-/m1/s1. The van der Waals surface area contributed by atoms with Crippen molar-refractivity contribution in [1.82, 2.24) is 4.90 Å². The van der Waals surface area contributed by atoms with Crippen LogP contribution in [0.1, 0.15) is 23.1 Å². The number of benzene rings is 1. The molecule has 5 N–H and O–H groups in total. The van der Waals surface area contributed by atoms with E-state index in [9.17, 15) is 19.2 Å². The largest absolute Gasteiger partial charge is 0.383 e. The molecule has 0 aromatic heterocycles. The lowest BCUT2D eigenvalue weighted by Crippen LogP contribution is -2.99. The van der Waals surface area contributed by atoms with Gasteiger partial charge in [0.15, 0.2) is 0 Å². The highest BCUT2D eigenvalue weighted by Crippen LogP contribution is 2.50. The number of aryl methyl sites for hydroxylation is 2. The number of methoxy groups -OCH3 is 1. The monoisotopic (exact) mass is 401 g/mol. The zero-order valence-electron chi connectivity index (χ0n) is 16.7. The predicted molar refractivity (Wildman–Crippen MR) is 101 cm³/mol. The number of ether oxygens (including phenoxy) is 1. The Labute approximate surface area is 167 Å². The van der Waals surface area contributed by atoms with Crippen LogP contribution in [-0.2, 0) is 29.5 Å². The molecule has 1 aromatic rings. The fourth-order valence-electron chi connectivity index (χ4n) is 5.30. The number of nitrogens with two attached hydrogens (primary N) is 2. The number of imide groups is 1. The summed E-state index contributed by atoms with van der Waals surface area (Å²) < 4.78 is 5.03. The molecule has 2 fully saturated rings. The van der Waals surface area contributed by atoms with Crippen molar-refractivity contribution in [3.8, 4) is 0 Å². The summed E-state index contributed by atoms with van der Waals surface area (Å²) >= 11 is 0. The molecule has 3 aliphatic heterocycles. The topological polar surface area (TPSA) is 135 Å². The number of nitrogens with zero attached hydrogens (tertiary/aromatic N) is 1. The van der Waals surface area contributed by atoms with E-state index < -0.39 is 35.2 Å². The maximum Gasteiger partial charge on any atom is 0.291 e. The number of fused-ring (bicyclic) bond motifs is 4. The minimum atomic E-state index is -1.29. The zero-order chi connectivity index (χ0) is 21.1. The molecule has 9 heteroatoms. The Bertz CT molecular complexity index is 945. The summed E-state index contributed by atoms with van der Waals surface area (Å²) in [5, 5.41) is 4.63. The second kappa shape index (κ2) is 6.64. The number of primary amides is 1. The fourth-order valence-corrected chi connectivity index (χ4v) is 5.30. The number of carbonyl (C=O) groups is 4. The minimum absolute atomic E-state index is 0.0898. The van der Waals surface area contributed by atoms with Crippen LogP contribution in [0.4, 0.5) is 5.69 Å². The first-order chi connectivity index (χ1) is 13.7. The molecule has 1 spiro atoms. The molecule has 0 radical (unpaired) electrons. The summed E-state index contributed by atoms with van der Waals surface area (Å²) in [6.45, 7) is 4.13. The highest BCUT2D eigenvalue weighted by molar-refractivity contribution is 6.14. The number of likely N-dealkylation sites (tertiary alicyclic amines) is 1. The number of hydrogen-bond acceptors (Lipinski definition) is 5. The quantitative estimate of drug-likeness (QED) is 0.517. The van der Waals surface area contributed by atoms with Crippen molar-refractivity contribution in [2.45, 2.75) is 31.8 Å². The second-order valence-electron chi connectivity index (χ2n) is 8.15. The highest BCUT2D eigenvalue weighted by atomic mass is 16.5. The maximum absolute atomic E-state index is 13.4. The average molecular weight is 401 g/mol. The van der Waals surface area contributed by atoms with Gasteiger partial charge in [-0.1, -0.05) is 11.6 Å². The van der Waals surface area contributed by atoms with Crippen molar-refractivity contribution in [2.24, 2.45) is 17.6 Å². The van der Waals surface area contributed by atoms with Gasteiger partial charge in [-0.3, -0.25) is 24.1 Å². The molecule has 0 bridgehead atoms. The molecule has 9 nitrogen and oxygen atoms in total. The van der Waals surface area contributed by atoms with Crippen LogP contribution in [0.2, 0.25) is 0 Å². The fraction of sp³-hybridized carbons (Fsp3) is 0.500. The Balaban J connectivity index is 1.87. The predicted octanol–water partition coefficient (Wildman–Crippen LogP) is -1.48. The molecule has 0 saturated carbocycles. The maximum atomic E-state index is 13.4. The molecular weight excluding hydrogens is 376 g/mol. The Morgan fingerprint density at radius 2 is 2.00 bits per heavy atom. The zero-order valence-corrected chi connectivity index (χ0v) is 16.7. The Morgan fingerprint density at radius 1 is 1.28 bits per heavy atom. The van der Waals surface area contributed by atoms with Gasteiger partial charge in [0, 0.05) is 12.7 Å². The molecule has 3 heterocycles. The van der Waals surface area contributed by atoms with Gasteiger partial charge in [-0.15, -0.1) is 0 Å². The van der Waals surface area contributed by atoms with E-state index in [4.69, 9.17) is 10.5 Å². The molecule has 0 aliphatic carbocycles. The van der Waals surface area contributed by atoms with Crippen LogP contribution in [0, 0.1) is 25.7 Å². The molecule has 3 aliphatic rings. The molecule has 154 valence electrons. The minimum Gasteiger partial charge on any atom is -0.383 e. The third kappa shape index (κ3) is 2.61. The van der Waals surface area contributed by atoms with E-state index in [1.165, 1.54) is 7.11 Å². The van der Waals surface area contributed by atoms with Crippen molar-refractivity contribution in [3.05, 3.63) is 28.8 Å². The van der Waals surface area contributed by atoms with Gasteiger partial charge in [-0.25, -0.2) is 0 Å². The van der Waals surface area contributed by atoms with E-state index in [0.29, 0.717) is 11.3 Å². The van der Waals surface area contributed by atoms with E-state index in [1.807, 2.05) is 26.0 Å². The summed E-state index contributed by atoms with van der Waals surface area (Å²) in [5.41, 5.74) is 7.35. The summed E-state index contributed by atoms with van der Waals surface area (Å²) in [7, 11) is 1.49. The van der Waals surface area contributed by atoms with E-state index in [0.717, 1.165) is 16.0 Å². The summed E-state index contributed by atoms with van der Waals surface area (Å²) in [4.78, 5) is 52.6. The summed E-state index contributed by atoms with van der Waals surface area (Å²) in [5.74, 6) is -3.36. The Kier molecular flexibility index (Phi) is 4.47. The molecule has 4 atom stereocenters. The summed E-state index contributed by atoms with van der Waals surface area (Å²) in [6.07, 6.45) is -0.0898. The van der Waals surface area contributed by atoms with Crippen LogP contribution in [0.15, 0.2) is 12.1 Å². The van der Waals surface area contributed by atoms with E-state index >= 15 is 0 Å². The van der Waals surface area contributed by atoms with Crippen LogP contribution in [0.3, 0.4) is 0 Å². The van der Waals surface area contributed by atoms with Gasteiger partial charge in [-0.05, 0) is 25.5 Å². The van der Waals surface area contributed by atoms with Crippen LogP contribution in [0.25, 0.3) is 0 Å². The van der Waals surface area contributed by atoms with Gasteiger partial charge in [0.05, 0.1) is 25.3 Å². The third-order valence-electron chi connectivity index (χ3n) is 6.37. The van der Waals surface area contributed by atoms with Gasteiger partial charge in [0.25, 0.3) is 5.91 Å². The first kappa shape index (κ1) is 19.5. The number of hydrogen-bond donors (Lipinski definition) is 3. The van der Waals surface area contributed by atoms with Gasteiger partial charge in [0.1, 0.15) is 17.9 Å². The summed E-state index contributed by atoms with van der Waals surface area (Å²) in [6, 6.07) is 3.26. The molecule has 2 saturated heterocycles. The number of amides is 4. The molecule has 4 rings (SSSR count). The smallest absolute Gasteiger partial charge is 0.291 e. The molecular formula is C20H25N4O5+. The molecule has 1 aromatic carbocycles. The third-order valence-corrected chi connectivity index (χ3v) is 6.37. The average Bonchev–Trinajstić information content (AvgIpc) is 3.20. The van der Waals surface area contributed by atoms with Crippen LogP contribution in [0.5, 0.6) is 0 Å². The number of nitrogens with one attached hydrogen (secondary N) is 1. The van der Waals surface area contributed by atoms with Crippen molar-refractivity contribution in [2.75, 3.05) is 25.6 Å². The van der Waals surface area contributed by atoms with Crippen molar-refractivity contribution < 1.29 is 29.2 Å². The van der Waals surface area contributed by atoms with Crippen molar-refractivity contribution >= 4 is 29.3 Å². The van der Waals surface area contributed by atoms with Gasteiger partial charge >= 0.3 is 0 Å². The van der Waals surface area contributed by atoms with Crippen LogP contribution in [-0.4, -0.2) is 54.8 Å². The Morgan fingerprint density at radius 3 is 2.66 bits per heavy atom. The van der Waals surface area contributed by atoms with E-state index in [1.54, 1.807) is 5.32 Å². The Hall–Kier alpha value is -2.78. The van der Waals surface area contributed by atoms with E-state index in [2.05, 4.69) is 5.32 Å². The van der Waals surface area contributed by atoms with Gasteiger partial charge in [-0.2, -0.15) is 0 Å². The second-order valence-corrected chi connectivity index (χ2v) is 8.15. The van der Waals surface area contributed by atoms with Crippen molar-refractivity contribution in [1.29, 1.82) is 0 Å². The molecule has 29 heavy (non-hydrogen) atoms. The van der Waals surface area contributed by atoms with Crippen molar-refractivity contribution in [3.63, 3.8) is 0 Å². The lowest BCUT2D eigenvalue weighted by atomic mass is 9.76. The number of quaternary nitrogens is 1. The first-order valence-corrected chi connectivity index (χ1v) is 9.64. The highest BCUT2D eigenvalue weighted by Gasteiger charge is 2.74. The number of anilines is 1. The lowest BCUT2D eigenvalue weighted by Gasteiger charge is -2.26. The molecule has 4 amide bonds. The number of carbonyl (C=O) groups excluding carboxylic acids is 4. The lowest BCUT2D eigenvalue weighted by molar-refractivity contribution is -0.732. The van der Waals surface area contributed by atoms with Gasteiger partial charge in [0.2, 0.25) is 23.3 Å². The molecule has 0 unspecified atom stereocenters. The van der Waals surface area contributed by atoms with E-state index in [-0.39, 0.29) is 31.4 Å². The van der Waals surface area contributed by atoms with Crippen LogP contribution >= 0.6 is 0 Å². The van der Waals surface area contributed by atoms with Gasteiger partial charge < -0.3 is 21.1 Å². The first-order valence-electron chi connectivity index (χ1n) is 9.64. The number of rotatable bonds is 5.